The third-order valence-electron chi connectivity index (χ3n) is 2.83. The van der Waals surface area contributed by atoms with Crippen LogP contribution in [0.1, 0.15) is 6.92 Å². The molecule has 0 amide bonds. The van der Waals surface area contributed by atoms with Gasteiger partial charge in [-0.25, -0.2) is 9.18 Å². The minimum Gasteiger partial charge on any atom is -0.394 e. The number of alkyl halides is 1. The fourth-order valence-electron chi connectivity index (χ4n) is 1.68. The third-order valence-corrected chi connectivity index (χ3v) is 2.83. The Balaban J connectivity index is 2.92. The summed E-state index contributed by atoms with van der Waals surface area (Å²) in [5.74, 6) is 0.0347. The van der Waals surface area contributed by atoms with E-state index >= 15 is 0 Å². The fraction of sp³-hybridized carbons (Fsp3) is 0.636. The average molecular weight is 275 g/mol. The molecule has 0 aliphatic heterocycles. The standard InChI is InChI=1S/C11H18FN3O4/c1-11(12,9(17)7(5-16)19-2)6-15-4-3-8(13)14-10(15)18/h3-4,7,9,16-17H,5-6H2,1-2H3,(H2,13,14,18)/t7?,9-,11+/m0/s1. The number of hydrogen-bond acceptors (Lipinski definition) is 6. The number of anilines is 1. The maximum Gasteiger partial charge on any atom is 0.349 e. The Morgan fingerprint density at radius 2 is 2.32 bits per heavy atom. The molecule has 0 fully saturated rings. The zero-order chi connectivity index (χ0) is 14.6. The number of methoxy groups -OCH3 is 1. The van der Waals surface area contributed by atoms with Gasteiger partial charge in [0, 0.05) is 13.3 Å². The Kier molecular flexibility index (Phi) is 4.98. The molecule has 1 unspecified atom stereocenters. The molecule has 1 aromatic heterocycles. The highest BCUT2D eigenvalue weighted by molar-refractivity contribution is 5.23. The predicted molar refractivity (Wildman–Crippen MR) is 66.3 cm³/mol. The minimum absolute atomic E-state index is 0.0347. The van der Waals surface area contributed by atoms with Gasteiger partial charge in [0.25, 0.3) is 0 Å². The smallest absolute Gasteiger partial charge is 0.349 e. The summed E-state index contributed by atoms with van der Waals surface area (Å²) < 4.78 is 20.2. The van der Waals surface area contributed by atoms with Gasteiger partial charge in [-0.2, -0.15) is 4.98 Å². The van der Waals surface area contributed by atoms with Crippen LogP contribution in [-0.2, 0) is 11.3 Å². The first-order valence-electron chi connectivity index (χ1n) is 5.65. The molecule has 0 saturated carbocycles. The lowest BCUT2D eigenvalue weighted by atomic mass is 9.96. The quantitative estimate of drug-likeness (QED) is 0.609. The Morgan fingerprint density at radius 1 is 1.68 bits per heavy atom. The van der Waals surface area contributed by atoms with Gasteiger partial charge < -0.3 is 20.7 Å². The van der Waals surface area contributed by atoms with Crippen LogP contribution in [0, 0.1) is 0 Å². The summed E-state index contributed by atoms with van der Waals surface area (Å²) >= 11 is 0. The van der Waals surface area contributed by atoms with E-state index in [-0.39, 0.29) is 5.82 Å². The van der Waals surface area contributed by atoms with Crippen molar-refractivity contribution in [2.24, 2.45) is 0 Å². The SMILES string of the molecule is COC(CO)[C@H](O)[C@](C)(F)Cn1ccc(N)nc1=O. The van der Waals surface area contributed by atoms with E-state index in [9.17, 15) is 14.3 Å². The Hall–Kier alpha value is -1.51. The van der Waals surface area contributed by atoms with Crippen LogP contribution in [0.5, 0.6) is 0 Å². The highest BCUT2D eigenvalue weighted by Crippen LogP contribution is 2.21. The summed E-state index contributed by atoms with van der Waals surface area (Å²) in [4.78, 5) is 15.0. The van der Waals surface area contributed by atoms with Crippen molar-refractivity contribution in [3.05, 3.63) is 22.7 Å². The molecule has 1 rings (SSSR count). The van der Waals surface area contributed by atoms with Gasteiger partial charge in [-0.05, 0) is 13.0 Å². The molecule has 1 heterocycles. The molecule has 19 heavy (non-hydrogen) atoms. The number of halogens is 1. The highest BCUT2D eigenvalue weighted by Gasteiger charge is 2.39. The zero-order valence-corrected chi connectivity index (χ0v) is 10.8. The number of nitrogen functional groups attached to an aromatic ring is 1. The molecule has 0 bridgehead atoms. The van der Waals surface area contributed by atoms with Gasteiger partial charge in [0.1, 0.15) is 18.0 Å². The van der Waals surface area contributed by atoms with Gasteiger partial charge in [-0.1, -0.05) is 0 Å². The molecule has 0 radical (unpaired) electrons. The molecule has 0 saturated heterocycles. The third kappa shape index (κ3) is 3.72. The van der Waals surface area contributed by atoms with Crippen LogP contribution in [0.2, 0.25) is 0 Å². The number of nitrogens with two attached hydrogens (primary N) is 1. The average Bonchev–Trinajstić information content (AvgIpc) is 2.34. The van der Waals surface area contributed by atoms with Crippen LogP contribution in [0.15, 0.2) is 17.1 Å². The maximum atomic E-state index is 14.4. The van der Waals surface area contributed by atoms with Crippen LogP contribution in [0.4, 0.5) is 10.2 Å². The second kappa shape index (κ2) is 6.09. The van der Waals surface area contributed by atoms with Crippen molar-refractivity contribution < 1.29 is 19.3 Å². The predicted octanol–water partition coefficient (Wildman–Crippen LogP) is -1.08. The number of aliphatic hydroxyl groups is 2. The molecular weight excluding hydrogens is 257 g/mol. The summed E-state index contributed by atoms with van der Waals surface area (Å²) in [5.41, 5.74) is 2.43. The van der Waals surface area contributed by atoms with Gasteiger partial charge >= 0.3 is 5.69 Å². The van der Waals surface area contributed by atoms with Crippen LogP contribution >= 0.6 is 0 Å². The van der Waals surface area contributed by atoms with Crippen molar-refractivity contribution in [1.82, 2.24) is 9.55 Å². The van der Waals surface area contributed by atoms with Crippen molar-refractivity contribution in [2.75, 3.05) is 19.5 Å². The Labute approximate surface area is 109 Å². The van der Waals surface area contributed by atoms with Crippen molar-refractivity contribution in [3.63, 3.8) is 0 Å². The Bertz CT molecular complexity index is 473. The van der Waals surface area contributed by atoms with E-state index in [1.165, 1.54) is 19.4 Å². The molecule has 8 heteroatoms. The van der Waals surface area contributed by atoms with E-state index in [0.717, 1.165) is 11.5 Å². The van der Waals surface area contributed by atoms with Gasteiger partial charge in [0.2, 0.25) is 0 Å². The summed E-state index contributed by atoms with van der Waals surface area (Å²) in [5, 5.41) is 18.8. The van der Waals surface area contributed by atoms with Gasteiger partial charge in [0.15, 0.2) is 5.67 Å². The van der Waals surface area contributed by atoms with E-state index in [2.05, 4.69) is 4.98 Å². The minimum atomic E-state index is -2.18. The summed E-state index contributed by atoms with van der Waals surface area (Å²) in [7, 11) is 1.25. The van der Waals surface area contributed by atoms with Crippen molar-refractivity contribution in [3.8, 4) is 0 Å². The number of ether oxygens (including phenoxy) is 1. The first-order valence-corrected chi connectivity index (χ1v) is 5.65. The molecule has 4 N–H and O–H groups in total. The van der Waals surface area contributed by atoms with Crippen LogP contribution in [-0.4, -0.2) is 51.4 Å². The lowest BCUT2D eigenvalue weighted by Gasteiger charge is -2.31. The maximum absolute atomic E-state index is 14.4. The molecule has 0 spiro atoms. The second-order valence-corrected chi connectivity index (χ2v) is 4.44. The van der Waals surface area contributed by atoms with E-state index in [1.807, 2.05) is 0 Å². The second-order valence-electron chi connectivity index (χ2n) is 4.44. The molecule has 0 aromatic carbocycles. The number of rotatable bonds is 6. The lowest BCUT2D eigenvalue weighted by Crippen LogP contribution is -2.49. The van der Waals surface area contributed by atoms with E-state index in [4.69, 9.17) is 15.6 Å². The molecular formula is C11H18FN3O4. The van der Waals surface area contributed by atoms with E-state index < -0.39 is 36.7 Å². The van der Waals surface area contributed by atoms with Gasteiger partial charge in [0.05, 0.1) is 13.2 Å². The van der Waals surface area contributed by atoms with Crippen molar-refractivity contribution in [1.29, 1.82) is 0 Å². The van der Waals surface area contributed by atoms with Gasteiger partial charge in [-0.3, -0.25) is 4.57 Å². The molecule has 1 aromatic rings. The first kappa shape index (κ1) is 15.5. The van der Waals surface area contributed by atoms with Gasteiger partial charge in [-0.15, -0.1) is 0 Å². The zero-order valence-electron chi connectivity index (χ0n) is 10.8. The molecule has 3 atom stereocenters. The van der Waals surface area contributed by atoms with E-state index in [0.29, 0.717) is 0 Å². The fourth-order valence-corrected chi connectivity index (χ4v) is 1.68. The molecule has 108 valence electrons. The normalized spacial score (nSPS) is 17.7. The highest BCUT2D eigenvalue weighted by atomic mass is 19.1. The van der Waals surface area contributed by atoms with E-state index in [1.54, 1.807) is 0 Å². The topological polar surface area (TPSA) is 111 Å². The summed E-state index contributed by atoms with van der Waals surface area (Å²) in [6.45, 7) is 0.147. The number of hydrogen-bond donors (Lipinski definition) is 3. The number of aliphatic hydroxyl groups excluding tert-OH is 2. The number of aromatic nitrogens is 2. The summed E-state index contributed by atoms with van der Waals surface area (Å²) in [6.07, 6.45) is -1.38. The van der Waals surface area contributed by atoms with Crippen LogP contribution < -0.4 is 11.4 Å². The summed E-state index contributed by atoms with van der Waals surface area (Å²) in [6, 6.07) is 1.35. The molecule has 0 aliphatic rings. The monoisotopic (exact) mass is 275 g/mol. The van der Waals surface area contributed by atoms with Crippen LogP contribution in [0.25, 0.3) is 0 Å². The largest absolute Gasteiger partial charge is 0.394 e. The van der Waals surface area contributed by atoms with Crippen molar-refractivity contribution in [2.45, 2.75) is 31.3 Å². The molecule has 7 nitrogen and oxygen atoms in total. The first-order chi connectivity index (χ1) is 8.81. The van der Waals surface area contributed by atoms with Crippen LogP contribution in [0.3, 0.4) is 0 Å². The Morgan fingerprint density at radius 3 is 2.79 bits per heavy atom. The number of nitrogens with zero attached hydrogens (tertiary/aromatic N) is 2. The lowest BCUT2D eigenvalue weighted by molar-refractivity contribution is -0.110. The molecule has 0 aliphatic carbocycles. The van der Waals surface area contributed by atoms with Crippen molar-refractivity contribution >= 4 is 5.82 Å².